The lowest BCUT2D eigenvalue weighted by Crippen LogP contribution is -2.50. The van der Waals surface area contributed by atoms with Gasteiger partial charge in [0.25, 0.3) is 5.69 Å². The number of carbonyl (C=O) groups is 2. The van der Waals surface area contributed by atoms with Gasteiger partial charge in [-0.15, -0.1) is 0 Å². The van der Waals surface area contributed by atoms with Crippen LogP contribution in [-0.4, -0.2) is 41.7 Å². The first-order valence-corrected chi connectivity index (χ1v) is 6.49. The molecule has 1 rings (SSSR count). The second kappa shape index (κ2) is 6.99. The van der Waals surface area contributed by atoms with Crippen LogP contribution in [0.2, 0.25) is 0 Å². The average molecular weight is 310 g/mol. The zero-order valence-electron chi connectivity index (χ0n) is 12.5. The molecule has 0 saturated heterocycles. The molecule has 0 heterocycles. The quantitative estimate of drug-likeness (QED) is 0.449. The van der Waals surface area contributed by atoms with Crippen molar-refractivity contribution < 1.29 is 24.4 Å². The molecule has 1 atom stereocenters. The lowest BCUT2D eigenvalue weighted by Gasteiger charge is -2.26. The number of aliphatic hydroxyl groups is 1. The van der Waals surface area contributed by atoms with Gasteiger partial charge < -0.3 is 15.2 Å². The number of nitrogens with one attached hydrogen (secondary N) is 1. The monoisotopic (exact) mass is 310 g/mol. The Morgan fingerprint density at radius 1 is 1.41 bits per heavy atom. The number of esters is 1. The first kappa shape index (κ1) is 17.6. The van der Waals surface area contributed by atoms with Gasteiger partial charge >= 0.3 is 5.97 Å². The third-order valence-electron chi connectivity index (χ3n) is 3.32. The highest BCUT2D eigenvalue weighted by Crippen LogP contribution is 2.31. The third kappa shape index (κ3) is 3.59. The van der Waals surface area contributed by atoms with Gasteiger partial charge in [0.05, 0.1) is 24.1 Å². The largest absolute Gasteiger partial charge is 0.467 e. The molecule has 0 aromatic heterocycles. The van der Waals surface area contributed by atoms with Crippen molar-refractivity contribution in [3.63, 3.8) is 0 Å². The van der Waals surface area contributed by atoms with Gasteiger partial charge in [-0.25, -0.2) is 4.79 Å². The number of carbonyl (C=O) groups excluding carboxylic acids is 2. The highest BCUT2D eigenvalue weighted by Gasteiger charge is 2.37. The molecular weight excluding hydrogens is 292 g/mol. The molecule has 0 saturated carbocycles. The van der Waals surface area contributed by atoms with Crippen molar-refractivity contribution >= 4 is 17.6 Å². The van der Waals surface area contributed by atoms with Crippen molar-refractivity contribution in [2.75, 3.05) is 13.7 Å². The zero-order valence-corrected chi connectivity index (χ0v) is 12.5. The standard InChI is InChI=1S/C14H18N2O6/c1-14(2,9-6-4-5-7-11(9)16(20)21)13(19)15-10(8-17)12(18)22-3/h4-7,10,17H,8H2,1-3H3,(H,15,19)/t10-/m0/s1. The van der Waals surface area contributed by atoms with Crippen LogP contribution in [0.25, 0.3) is 0 Å². The summed E-state index contributed by atoms with van der Waals surface area (Å²) in [6, 6.07) is 4.64. The fourth-order valence-electron chi connectivity index (χ4n) is 1.94. The summed E-state index contributed by atoms with van der Waals surface area (Å²) in [5.74, 6) is -1.43. The van der Waals surface area contributed by atoms with E-state index in [0.29, 0.717) is 0 Å². The number of hydrogen-bond acceptors (Lipinski definition) is 6. The predicted octanol–water partition coefficient (Wildman–Crippen LogP) is 0.522. The molecule has 0 fully saturated rings. The molecule has 8 nitrogen and oxygen atoms in total. The molecule has 0 spiro atoms. The van der Waals surface area contributed by atoms with Crippen molar-refractivity contribution in [2.45, 2.75) is 25.3 Å². The Morgan fingerprint density at radius 2 is 2.00 bits per heavy atom. The van der Waals surface area contributed by atoms with E-state index in [1.165, 1.54) is 32.0 Å². The summed E-state index contributed by atoms with van der Waals surface area (Å²) in [5.41, 5.74) is -1.26. The molecule has 8 heteroatoms. The van der Waals surface area contributed by atoms with Crippen LogP contribution in [-0.2, 0) is 19.7 Å². The zero-order chi connectivity index (χ0) is 16.9. The van der Waals surface area contributed by atoms with Crippen molar-refractivity contribution in [3.8, 4) is 0 Å². The number of nitro groups is 1. The Balaban J connectivity index is 3.11. The first-order chi connectivity index (χ1) is 10.3. The van der Waals surface area contributed by atoms with Crippen LogP contribution < -0.4 is 5.32 Å². The van der Waals surface area contributed by atoms with E-state index in [-0.39, 0.29) is 11.3 Å². The Kier molecular flexibility index (Phi) is 5.58. The average Bonchev–Trinajstić information content (AvgIpc) is 2.51. The molecule has 1 amide bonds. The molecule has 2 N–H and O–H groups in total. The van der Waals surface area contributed by atoms with Gasteiger partial charge in [0, 0.05) is 11.6 Å². The topological polar surface area (TPSA) is 119 Å². The van der Waals surface area contributed by atoms with E-state index in [2.05, 4.69) is 10.1 Å². The van der Waals surface area contributed by atoms with Gasteiger partial charge in [-0.1, -0.05) is 18.2 Å². The van der Waals surface area contributed by atoms with Crippen molar-refractivity contribution in [1.82, 2.24) is 5.32 Å². The third-order valence-corrected chi connectivity index (χ3v) is 3.32. The maximum atomic E-state index is 12.4. The van der Waals surface area contributed by atoms with Crippen LogP contribution in [0.4, 0.5) is 5.69 Å². The van der Waals surface area contributed by atoms with Gasteiger partial charge in [-0.2, -0.15) is 0 Å². The lowest BCUT2D eigenvalue weighted by atomic mass is 9.82. The van der Waals surface area contributed by atoms with Crippen LogP contribution in [0.15, 0.2) is 24.3 Å². The highest BCUT2D eigenvalue weighted by molar-refractivity contribution is 5.92. The van der Waals surface area contributed by atoms with Gasteiger partial charge in [0.2, 0.25) is 5.91 Å². The first-order valence-electron chi connectivity index (χ1n) is 6.49. The van der Waals surface area contributed by atoms with E-state index in [0.717, 1.165) is 7.11 Å². The molecule has 1 aromatic rings. The molecule has 0 aliphatic rings. The SMILES string of the molecule is COC(=O)[C@H](CO)NC(=O)C(C)(C)c1ccccc1[N+](=O)[O-]. The number of rotatable bonds is 6. The lowest BCUT2D eigenvalue weighted by molar-refractivity contribution is -0.385. The van der Waals surface area contributed by atoms with Crippen molar-refractivity contribution in [3.05, 3.63) is 39.9 Å². The predicted molar refractivity (Wildman–Crippen MR) is 77.2 cm³/mol. The molecule has 22 heavy (non-hydrogen) atoms. The number of amides is 1. The molecule has 0 unspecified atom stereocenters. The van der Waals surface area contributed by atoms with Crippen LogP contribution in [0.3, 0.4) is 0 Å². The van der Waals surface area contributed by atoms with E-state index in [1.807, 2.05) is 0 Å². The number of para-hydroxylation sites is 1. The number of aliphatic hydroxyl groups excluding tert-OH is 1. The van der Waals surface area contributed by atoms with E-state index in [4.69, 9.17) is 5.11 Å². The highest BCUT2D eigenvalue weighted by atomic mass is 16.6. The minimum absolute atomic E-state index is 0.193. The fourth-order valence-corrected chi connectivity index (χ4v) is 1.94. The normalized spacial score (nSPS) is 12.4. The molecule has 0 radical (unpaired) electrons. The molecule has 0 bridgehead atoms. The Morgan fingerprint density at radius 3 is 2.50 bits per heavy atom. The van der Waals surface area contributed by atoms with Crippen molar-refractivity contribution in [1.29, 1.82) is 0 Å². The second-order valence-electron chi connectivity index (χ2n) is 5.13. The van der Waals surface area contributed by atoms with Crippen molar-refractivity contribution in [2.24, 2.45) is 0 Å². The summed E-state index contributed by atoms with van der Waals surface area (Å²) in [6.45, 7) is 2.36. The smallest absolute Gasteiger partial charge is 0.330 e. The van der Waals surface area contributed by atoms with Crippen LogP contribution in [0, 0.1) is 10.1 Å². The minimum atomic E-state index is -1.27. The molecule has 120 valence electrons. The number of ether oxygens (including phenoxy) is 1. The number of nitro benzene ring substituents is 1. The maximum Gasteiger partial charge on any atom is 0.330 e. The number of methoxy groups -OCH3 is 1. The minimum Gasteiger partial charge on any atom is -0.467 e. The number of hydrogen-bond donors (Lipinski definition) is 2. The molecule has 1 aromatic carbocycles. The second-order valence-corrected chi connectivity index (χ2v) is 5.13. The van der Waals surface area contributed by atoms with E-state index < -0.39 is 34.9 Å². The van der Waals surface area contributed by atoms with Crippen LogP contribution in [0.5, 0.6) is 0 Å². The fraction of sp³-hybridized carbons (Fsp3) is 0.429. The van der Waals surface area contributed by atoms with E-state index in [1.54, 1.807) is 6.07 Å². The summed E-state index contributed by atoms with van der Waals surface area (Å²) in [4.78, 5) is 34.3. The summed E-state index contributed by atoms with van der Waals surface area (Å²) in [7, 11) is 1.13. The Labute approximate surface area is 127 Å². The van der Waals surface area contributed by atoms with Gasteiger partial charge in [-0.05, 0) is 13.8 Å². The summed E-state index contributed by atoms with van der Waals surface area (Å²) in [6.07, 6.45) is 0. The summed E-state index contributed by atoms with van der Waals surface area (Å²) in [5, 5.41) is 22.6. The van der Waals surface area contributed by atoms with E-state index in [9.17, 15) is 19.7 Å². The van der Waals surface area contributed by atoms with Gasteiger partial charge in [0.15, 0.2) is 6.04 Å². The maximum absolute atomic E-state index is 12.4. The van der Waals surface area contributed by atoms with Gasteiger partial charge in [0.1, 0.15) is 0 Å². The van der Waals surface area contributed by atoms with Gasteiger partial charge in [-0.3, -0.25) is 14.9 Å². The summed E-state index contributed by atoms with van der Waals surface area (Å²) < 4.78 is 4.46. The molecular formula is C14H18N2O6. The summed E-state index contributed by atoms with van der Waals surface area (Å²) >= 11 is 0. The Hall–Kier alpha value is -2.48. The van der Waals surface area contributed by atoms with E-state index >= 15 is 0 Å². The molecule has 0 aliphatic heterocycles. The van der Waals surface area contributed by atoms with Crippen LogP contribution >= 0.6 is 0 Å². The number of benzene rings is 1. The molecule has 0 aliphatic carbocycles. The Bertz CT molecular complexity index is 584. The number of nitrogens with zero attached hydrogens (tertiary/aromatic N) is 1. The van der Waals surface area contributed by atoms with Crippen LogP contribution in [0.1, 0.15) is 19.4 Å².